The van der Waals surface area contributed by atoms with E-state index in [4.69, 9.17) is 11.1 Å². The fourth-order valence-corrected chi connectivity index (χ4v) is 2.02. The maximum absolute atomic E-state index is 7.23. The molecule has 1 aliphatic heterocycles. The Balaban J connectivity index is 2.46. The van der Waals surface area contributed by atoms with Gasteiger partial charge in [0.1, 0.15) is 5.84 Å². The van der Waals surface area contributed by atoms with Gasteiger partial charge >= 0.3 is 0 Å². The number of rotatable bonds is 3. The summed E-state index contributed by atoms with van der Waals surface area (Å²) in [6, 6.07) is 0.647. The highest BCUT2D eigenvalue weighted by molar-refractivity contribution is 5.79. The summed E-state index contributed by atoms with van der Waals surface area (Å²) in [6.07, 6.45) is 2.53. The fraction of sp³-hybridized carbons (Fsp3) is 0.889. The molecule has 0 radical (unpaired) electrons. The molecule has 0 aromatic heterocycles. The van der Waals surface area contributed by atoms with Gasteiger partial charge in [-0.15, -0.1) is 0 Å². The van der Waals surface area contributed by atoms with E-state index in [1.165, 1.54) is 12.8 Å². The van der Waals surface area contributed by atoms with E-state index in [0.29, 0.717) is 24.3 Å². The molecule has 1 saturated heterocycles. The van der Waals surface area contributed by atoms with Crippen LogP contribution in [0.2, 0.25) is 0 Å². The molecule has 0 bridgehead atoms. The summed E-state index contributed by atoms with van der Waals surface area (Å²) in [4.78, 5) is 2.33. The van der Waals surface area contributed by atoms with Crippen molar-refractivity contribution in [2.45, 2.75) is 32.7 Å². The third kappa shape index (κ3) is 2.21. The van der Waals surface area contributed by atoms with Crippen LogP contribution in [0.1, 0.15) is 26.7 Å². The van der Waals surface area contributed by atoms with Crippen molar-refractivity contribution in [1.29, 1.82) is 5.41 Å². The molecule has 1 heterocycles. The van der Waals surface area contributed by atoms with Crippen molar-refractivity contribution >= 4 is 5.84 Å². The Morgan fingerprint density at radius 3 is 2.83 bits per heavy atom. The van der Waals surface area contributed by atoms with E-state index in [-0.39, 0.29) is 0 Å². The van der Waals surface area contributed by atoms with Crippen LogP contribution < -0.4 is 5.73 Å². The normalized spacial score (nSPS) is 25.1. The quantitative estimate of drug-likeness (QED) is 0.490. The summed E-state index contributed by atoms with van der Waals surface area (Å²) < 4.78 is 0. The lowest BCUT2D eigenvalue weighted by Gasteiger charge is -2.26. The monoisotopic (exact) mass is 169 g/mol. The summed E-state index contributed by atoms with van der Waals surface area (Å²) in [5.41, 5.74) is 5.38. The zero-order chi connectivity index (χ0) is 9.14. The summed E-state index contributed by atoms with van der Waals surface area (Å²) in [7, 11) is 0. The van der Waals surface area contributed by atoms with Gasteiger partial charge in [-0.3, -0.25) is 10.3 Å². The zero-order valence-corrected chi connectivity index (χ0v) is 8.01. The minimum absolute atomic E-state index is 0.294. The van der Waals surface area contributed by atoms with Gasteiger partial charge in [0.15, 0.2) is 0 Å². The lowest BCUT2D eigenvalue weighted by Crippen LogP contribution is -2.39. The van der Waals surface area contributed by atoms with E-state index in [2.05, 4.69) is 18.7 Å². The zero-order valence-electron chi connectivity index (χ0n) is 8.01. The van der Waals surface area contributed by atoms with Crippen LogP contribution in [-0.4, -0.2) is 29.9 Å². The minimum Gasteiger partial charge on any atom is -0.387 e. The van der Waals surface area contributed by atoms with Gasteiger partial charge in [-0.05, 0) is 25.3 Å². The molecule has 3 nitrogen and oxygen atoms in total. The number of nitrogens with one attached hydrogen (secondary N) is 1. The molecule has 12 heavy (non-hydrogen) atoms. The molecule has 0 aliphatic carbocycles. The fourth-order valence-electron chi connectivity index (χ4n) is 2.02. The Labute approximate surface area is 74.4 Å². The van der Waals surface area contributed by atoms with Crippen molar-refractivity contribution in [2.75, 3.05) is 13.1 Å². The topological polar surface area (TPSA) is 53.1 Å². The smallest absolute Gasteiger partial charge is 0.105 e. The first-order valence-electron chi connectivity index (χ1n) is 4.68. The van der Waals surface area contributed by atoms with Crippen LogP contribution in [0.25, 0.3) is 0 Å². The van der Waals surface area contributed by atoms with Crippen LogP contribution in [0.5, 0.6) is 0 Å². The molecule has 3 N–H and O–H groups in total. The second kappa shape index (κ2) is 3.90. The molecule has 3 heteroatoms. The lowest BCUT2D eigenvalue weighted by atomic mass is 10.0. The maximum atomic E-state index is 7.23. The Kier molecular flexibility index (Phi) is 3.09. The van der Waals surface area contributed by atoms with E-state index in [1.54, 1.807) is 0 Å². The van der Waals surface area contributed by atoms with Crippen LogP contribution in [-0.2, 0) is 0 Å². The van der Waals surface area contributed by atoms with E-state index in [0.717, 1.165) is 6.54 Å². The van der Waals surface area contributed by atoms with E-state index < -0.39 is 0 Å². The second-order valence-corrected chi connectivity index (χ2v) is 3.95. The number of hydrogen-bond donors (Lipinski definition) is 2. The van der Waals surface area contributed by atoms with Crippen LogP contribution in [0.15, 0.2) is 0 Å². The Hall–Kier alpha value is -0.570. The van der Waals surface area contributed by atoms with Crippen LogP contribution in [0.4, 0.5) is 0 Å². The van der Waals surface area contributed by atoms with Crippen molar-refractivity contribution in [1.82, 2.24) is 4.90 Å². The van der Waals surface area contributed by atoms with E-state index in [1.807, 2.05) is 0 Å². The molecule has 1 unspecified atom stereocenters. The predicted molar refractivity (Wildman–Crippen MR) is 51.3 cm³/mol. The largest absolute Gasteiger partial charge is 0.387 e. The third-order valence-electron chi connectivity index (χ3n) is 2.56. The van der Waals surface area contributed by atoms with Crippen molar-refractivity contribution in [3.05, 3.63) is 0 Å². The minimum atomic E-state index is 0.294. The molecule has 0 aromatic rings. The first kappa shape index (κ1) is 9.52. The second-order valence-electron chi connectivity index (χ2n) is 3.95. The number of nitrogens with two attached hydrogens (primary N) is 1. The molecule has 0 amide bonds. The van der Waals surface area contributed by atoms with E-state index >= 15 is 0 Å². The molecular weight excluding hydrogens is 150 g/mol. The first-order valence-corrected chi connectivity index (χ1v) is 4.68. The highest BCUT2D eigenvalue weighted by atomic mass is 15.2. The third-order valence-corrected chi connectivity index (χ3v) is 2.56. The predicted octanol–water partition coefficient (Wildman–Crippen LogP) is 1.04. The van der Waals surface area contributed by atoms with Gasteiger partial charge in [-0.2, -0.15) is 0 Å². The number of amidine groups is 1. The van der Waals surface area contributed by atoms with Gasteiger partial charge in [0.2, 0.25) is 0 Å². The number of likely N-dealkylation sites (tertiary alicyclic amines) is 1. The summed E-state index contributed by atoms with van der Waals surface area (Å²) >= 11 is 0. The summed E-state index contributed by atoms with van der Waals surface area (Å²) in [5.74, 6) is 0.981. The maximum Gasteiger partial charge on any atom is 0.105 e. The van der Waals surface area contributed by atoms with Crippen LogP contribution in [0, 0.1) is 11.3 Å². The molecule has 0 aromatic carbocycles. The average molecular weight is 169 g/mol. The summed E-state index contributed by atoms with van der Waals surface area (Å²) in [5, 5.41) is 7.23. The summed E-state index contributed by atoms with van der Waals surface area (Å²) in [6.45, 7) is 6.25. The average Bonchev–Trinajstić information content (AvgIpc) is 2.33. The van der Waals surface area contributed by atoms with Gasteiger partial charge in [0.25, 0.3) is 0 Å². The van der Waals surface area contributed by atoms with Crippen molar-refractivity contribution < 1.29 is 0 Å². The Bertz CT molecular complexity index is 165. The lowest BCUT2D eigenvalue weighted by molar-refractivity contribution is 0.232. The molecule has 1 aliphatic rings. The number of hydrogen-bond acceptors (Lipinski definition) is 2. The molecule has 70 valence electrons. The molecule has 1 rings (SSSR count). The molecule has 0 saturated carbocycles. The highest BCUT2D eigenvalue weighted by Crippen LogP contribution is 2.22. The van der Waals surface area contributed by atoms with Crippen LogP contribution >= 0.6 is 0 Å². The van der Waals surface area contributed by atoms with Gasteiger partial charge in [0, 0.05) is 6.04 Å². The number of nitrogens with zero attached hydrogens (tertiary/aromatic N) is 1. The molecular formula is C9H19N3. The van der Waals surface area contributed by atoms with Gasteiger partial charge in [-0.25, -0.2) is 0 Å². The van der Waals surface area contributed by atoms with Gasteiger partial charge in [0.05, 0.1) is 6.54 Å². The van der Waals surface area contributed by atoms with E-state index in [9.17, 15) is 0 Å². The van der Waals surface area contributed by atoms with Crippen molar-refractivity contribution in [3.63, 3.8) is 0 Å². The molecule has 1 fully saturated rings. The van der Waals surface area contributed by atoms with Crippen LogP contribution in [0.3, 0.4) is 0 Å². The van der Waals surface area contributed by atoms with Crippen molar-refractivity contribution in [3.8, 4) is 0 Å². The van der Waals surface area contributed by atoms with Crippen molar-refractivity contribution in [2.24, 2.45) is 11.7 Å². The Morgan fingerprint density at radius 2 is 2.33 bits per heavy atom. The van der Waals surface area contributed by atoms with Gasteiger partial charge in [-0.1, -0.05) is 13.8 Å². The first-order chi connectivity index (χ1) is 5.61. The molecule has 1 atom stereocenters. The SMILES string of the molecule is CC(C)C1CCCN1CC(=N)N. The highest BCUT2D eigenvalue weighted by Gasteiger charge is 2.26. The molecule has 0 spiro atoms. The van der Waals surface area contributed by atoms with Gasteiger partial charge < -0.3 is 5.73 Å². The standard InChI is InChI=1S/C9H19N3/c1-7(2)8-4-3-5-12(8)6-9(10)11/h7-8H,3-6H2,1-2H3,(H3,10,11). The Morgan fingerprint density at radius 1 is 1.67 bits per heavy atom.